The van der Waals surface area contributed by atoms with Crippen LogP contribution in [0.4, 0.5) is 5.82 Å². The molecule has 2 aliphatic rings. The Morgan fingerprint density at radius 2 is 1.78 bits per heavy atom. The second-order valence-electron chi connectivity index (χ2n) is 7.52. The van der Waals surface area contributed by atoms with Gasteiger partial charge in [0, 0.05) is 31.7 Å². The number of hydrogen-bond donors (Lipinski definition) is 0. The third kappa shape index (κ3) is 3.37. The lowest BCUT2D eigenvalue weighted by Gasteiger charge is -2.30. The maximum atomic E-state index is 4.87. The summed E-state index contributed by atoms with van der Waals surface area (Å²) in [4.78, 5) is 4.83. The van der Waals surface area contributed by atoms with Gasteiger partial charge in [-0.25, -0.2) is 0 Å². The average Bonchev–Trinajstić information content (AvgIpc) is 3.39. The van der Waals surface area contributed by atoms with Crippen molar-refractivity contribution in [3.05, 3.63) is 42.0 Å². The fourth-order valence-electron chi connectivity index (χ4n) is 4.18. The molecule has 0 unspecified atom stereocenters. The van der Waals surface area contributed by atoms with E-state index >= 15 is 0 Å². The fraction of sp³-hybridized carbons (Fsp3) is 0.526. The third-order valence-corrected chi connectivity index (χ3v) is 5.71. The minimum absolute atomic E-state index is 0.410. The van der Waals surface area contributed by atoms with Gasteiger partial charge in [0.2, 0.25) is 0 Å². The summed E-state index contributed by atoms with van der Waals surface area (Å²) in [7, 11) is 0. The Labute approximate surface area is 158 Å². The van der Waals surface area contributed by atoms with Crippen molar-refractivity contribution in [1.82, 2.24) is 34.9 Å². The zero-order valence-corrected chi connectivity index (χ0v) is 15.4. The van der Waals surface area contributed by atoms with Crippen molar-refractivity contribution < 1.29 is 0 Å². The van der Waals surface area contributed by atoms with Gasteiger partial charge in [-0.1, -0.05) is 0 Å². The fourth-order valence-corrected chi connectivity index (χ4v) is 4.18. The van der Waals surface area contributed by atoms with E-state index in [1.165, 1.54) is 18.4 Å². The molecule has 0 aromatic carbocycles. The molecule has 0 spiro atoms. The van der Waals surface area contributed by atoms with Crippen molar-refractivity contribution in [3.8, 4) is 0 Å². The molecule has 2 fully saturated rings. The van der Waals surface area contributed by atoms with Crippen molar-refractivity contribution in [3.63, 3.8) is 0 Å². The Morgan fingerprint density at radius 1 is 0.926 bits per heavy atom. The van der Waals surface area contributed by atoms with E-state index in [-0.39, 0.29) is 0 Å². The average molecular weight is 364 g/mol. The molecule has 0 saturated carbocycles. The molecule has 8 nitrogen and oxygen atoms in total. The van der Waals surface area contributed by atoms with Crippen LogP contribution in [-0.2, 0) is 6.54 Å². The minimum atomic E-state index is 0.410. The maximum absolute atomic E-state index is 4.87. The lowest BCUT2D eigenvalue weighted by Crippen LogP contribution is -2.33. The lowest BCUT2D eigenvalue weighted by molar-refractivity contribution is 0.200. The molecule has 0 bridgehead atoms. The Bertz CT molecular complexity index is 894. The topological polar surface area (TPSA) is 75.3 Å². The summed E-state index contributed by atoms with van der Waals surface area (Å²) < 4.78 is 1.97. The number of anilines is 1. The Morgan fingerprint density at radius 3 is 2.56 bits per heavy atom. The third-order valence-electron chi connectivity index (χ3n) is 5.71. The van der Waals surface area contributed by atoms with Crippen molar-refractivity contribution in [2.24, 2.45) is 0 Å². The Hall–Kier alpha value is -2.61. The summed E-state index contributed by atoms with van der Waals surface area (Å²) in [5, 5.41) is 21.5. The van der Waals surface area contributed by atoms with Gasteiger partial charge in [0.05, 0.1) is 6.20 Å². The Balaban J connectivity index is 1.30. The number of aromatic nitrogens is 6. The van der Waals surface area contributed by atoms with Gasteiger partial charge < -0.3 is 4.90 Å². The highest BCUT2D eigenvalue weighted by atomic mass is 15.4. The quantitative estimate of drug-likeness (QED) is 0.700. The van der Waals surface area contributed by atoms with Gasteiger partial charge in [-0.05, 0) is 62.5 Å². The first-order valence-corrected chi connectivity index (χ1v) is 9.82. The van der Waals surface area contributed by atoms with Gasteiger partial charge in [-0.2, -0.15) is 14.7 Å². The summed E-state index contributed by atoms with van der Waals surface area (Å²) in [6, 6.07) is 6.15. The van der Waals surface area contributed by atoms with Crippen LogP contribution in [0.25, 0.3) is 5.65 Å². The van der Waals surface area contributed by atoms with E-state index in [4.69, 9.17) is 5.10 Å². The monoisotopic (exact) mass is 364 g/mol. The van der Waals surface area contributed by atoms with E-state index < -0.39 is 0 Å². The van der Waals surface area contributed by atoms with Crippen LogP contribution in [0.15, 0.2) is 30.6 Å². The van der Waals surface area contributed by atoms with Crippen molar-refractivity contribution in [1.29, 1.82) is 0 Å². The first-order valence-electron chi connectivity index (χ1n) is 9.82. The number of likely N-dealkylation sites (tertiary alicyclic amines) is 1. The zero-order chi connectivity index (χ0) is 18.1. The second kappa shape index (κ2) is 7.19. The van der Waals surface area contributed by atoms with Gasteiger partial charge in [-0.15, -0.1) is 15.3 Å². The predicted molar refractivity (Wildman–Crippen MR) is 102 cm³/mol. The van der Waals surface area contributed by atoms with Gasteiger partial charge in [-0.3, -0.25) is 4.90 Å². The molecule has 0 aliphatic carbocycles. The van der Waals surface area contributed by atoms with Crippen LogP contribution < -0.4 is 4.90 Å². The van der Waals surface area contributed by atoms with Gasteiger partial charge in [0.25, 0.3) is 0 Å². The molecular formula is C19H24N8. The van der Waals surface area contributed by atoms with Crippen LogP contribution in [0, 0.1) is 0 Å². The van der Waals surface area contributed by atoms with E-state index in [1.807, 2.05) is 22.8 Å². The van der Waals surface area contributed by atoms with Crippen molar-refractivity contribution >= 4 is 11.5 Å². The van der Waals surface area contributed by atoms with Gasteiger partial charge in [0.1, 0.15) is 5.82 Å². The summed E-state index contributed by atoms with van der Waals surface area (Å²) in [5.41, 5.74) is 2.06. The Kier molecular flexibility index (Phi) is 4.41. The van der Waals surface area contributed by atoms with Crippen LogP contribution in [-0.4, -0.2) is 61.1 Å². The van der Waals surface area contributed by atoms with E-state index in [2.05, 4.69) is 36.3 Å². The maximum Gasteiger partial charge on any atom is 0.178 e. The summed E-state index contributed by atoms with van der Waals surface area (Å²) in [5.74, 6) is 2.47. The predicted octanol–water partition coefficient (Wildman–Crippen LogP) is 1.89. The van der Waals surface area contributed by atoms with Crippen LogP contribution in [0.5, 0.6) is 0 Å². The number of hydrogen-bond acceptors (Lipinski definition) is 7. The van der Waals surface area contributed by atoms with E-state index in [0.29, 0.717) is 5.92 Å². The normalized spacial score (nSPS) is 19.2. The molecule has 0 atom stereocenters. The SMILES string of the molecule is c1cc(CN2CCC(c3nnc4ccc(N5CCCC5)nn34)CC2)cnn1. The highest BCUT2D eigenvalue weighted by Crippen LogP contribution is 2.28. The van der Waals surface area contributed by atoms with E-state index in [1.54, 1.807) is 6.20 Å². The van der Waals surface area contributed by atoms with Crippen LogP contribution in [0.2, 0.25) is 0 Å². The first-order chi connectivity index (χ1) is 13.4. The zero-order valence-electron chi connectivity index (χ0n) is 15.4. The molecule has 8 heteroatoms. The minimum Gasteiger partial charge on any atom is -0.355 e. The molecule has 5 rings (SSSR count). The van der Waals surface area contributed by atoms with E-state index in [9.17, 15) is 0 Å². The molecule has 0 N–H and O–H groups in total. The van der Waals surface area contributed by atoms with Crippen LogP contribution in [0.1, 0.15) is 43.0 Å². The highest BCUT2D eigenvalue weighted by molar-refractivity contribution is 5.46. The largest absolute Gasteiger partial charge is 0.355 e. The van der Waals surface area contributed by atoms with E-state index in [0.717, 1.165) is 62.9 Å². The van der Waals surface area contributed by atoms with Crippen LogP contribution >= 0.6 is 0 Å². The molecule has 140 valence electrons. The number of nitrogens with zero attached hydrogens (tertiary/aromatic N) is 8. The summed E-state index contributed by atoms with van der Waals surface area (Å²) >= 11 is 0. The van der Waals surface area contributed by atoms with Crippen molar-refractivity contribution in [2.75, 3.05) is 31.1 Å². The molecule has 3 aromatic rings. The van der Waals surface area contributed by atoms with Crippen LogP contribution in [0.3, 0.4) is 0 Å². The standard InChI is InChI=1S/C19H24N8/c1-2-10-26(9-1)18-4-3-17-22-23-19(27(17)24-18)16-6-11-25(12-7-16)14-15-5-8-20-21-13-15/h3-5,8,13,16H,1-2,6-7,9-12,14H2. The molecule has 5 heterocycles. The molecule has 2 aliphatic heterocycles. The lowest BCUT2D eigenvalue weighted by atomic mass is 9.96. The molecule has 2 saturated heterocycles. The molecule has 27 heavy (non-hydrogen) atoms. The molecule has 0 amide bonds. The highest BCUT2D eigenvalue weighted by Gasteiger charge is 2.25. The molecular weight excluding hydrogens is 340 g/mol. The molecule has 3 aromatic heterocycles. The number of rotatable bonds is 4. The smallest absolute Gasteiger partial charge is 0.178 e. The van der Waals surface area contributed by atoms with Gasteiger partial charge >= 0.3 is 0 Å². The number of fused-ring (bicyclic) bond motifs is 1. The first kappa shape index (κ1) is 16.6. The summed E-state index contributed by atoms with van der Waals surface area (Å²) in [6.45, 7) is 5.22. The molecule has 0 radical (unpaired) electrons. The number of piperidine rings is 1. The second-order valence-corrected chi connectivity index (χ2v) is 7.52. The van der Waals surface area contributed by atoms with Gasteiger partial charge in [0.15, 0.2) is 11.5 Å². The van der Waals surface area contributed by atoms with Crippen molar-refractivity contribution in [2.45, 2.75) is 38.1 Å². The summed E-state index contributed by atoms with van der Waals surface area (Å²) in [6.07, 6.45) is 8.26.